The Kier molecular flexibility index (Phi) is 4.32. The zero-order valence-electron chi connectivity index (χ0n) is 12.0. The minimum absolute atomic E-state index is 0.257. The summed E-state index contributed by atoms with van der Waals surface area (Å²) in [6.07, 6.45) is 4.38. The fourth-order valence-corrected chi connectivity index (χ4v) is 3.02. The van der Waals surface area contributed by atoms with Crippen LogP contribution in [0.15, 0.2) is 12.1 Å². The maximum Gasteiger partial charge on any atom is 0.166 e. The van der Waals surface area contributed by atoms with Gasteiger partial charge in [-0.05, 0) is 24.5 Å². The SMILES string of the molecule is COCc1c(C2(N)CCCC2)ccc(OC)c1OC. The molecule has 1 fully saturated rings. The standard InChI is InChI=1S/C15H23NO3/c1-17-10-11-12(15(16)8-4-5-9-15)6-7-13(18-2)14(11)19-3/h6-7H,4-5,8-10,16H2,1-3H3. The molecule has 0 bridgehead atoms. The Balaban J connectivity index is 2.53. The fourth-order valence-electron chi connectivity index (χ4n) is 3.02. The molecule has 1 aliphatic rings. The first-order valence-corrected chi connectivity index (χ1v) is 6.68. The fraction of sp³-hybridized carbons (Fsp3) is 0.600. The lowest BCUT2D eigenvalue weighted by molar-refractivity contribution is 0.178. The summed E-state index contributed by atoms with van der Waals surface area (Å²) in [6.45, 7) is 0.481. The predicted octanol–water partition coefficient (Wildman–Crippen LogP) is 2.58. The summed E-state index contributed by atoms with van der Waals surface area (Å²) in [5, 5.41) is 0. The summed E-state index contributed by atoms with van der Waals surface area (Å²) in [5.41, 5.74) is 8.46. The number of nitrogens with two attached hydrogens (primary N) is 1. The first-order valence-electron chi connectivity index (χ1n) is 6.68. The molecule has 1 aromatic carbocycles. The molecule has 0 aromatic heterocycles. The van der Waals surface area contributed by atoms with Crippen molar-refractivity contribution in [1.82, 2.24) is 0 Å². The van der Waals surface area contributed by atoms with Gasteiger partial charge in [-0.15, -0.1) is 0 Å². The lowest BCUT2D eigenvalue weighted by Crippen LogP contribution is -2.34. The van der Waals surface area contributed by atoms with Crippen molar-refractivity contribution in [2.45, 2.75) is 37.8 Å². The van der Waals surface area contributed by atoms with E-state index in [9.17, 15) is 0 Å². The van der Waals surface area contributed by atoms with Gasteiger partial charge in [-0.1, -0.05) is 18.9 Å². The number of hydrogen-bond acceptors (Lipinski definition) is 4. The van der Waals surface area contributed by atoms with Crippen LogP contribution in [-0.4, -0.2) is 21.3 Å². The Morgan fingerprint density at radius 2 is 1.79 bits per heavy atom. The van der Waals surface area contributed by atoms with Gasteiger partial charge in [0.25, 0.3) is 0 Å². The van der Waals surface area contributed by atoms with Gasteiger partial charge in [0, 0.05) is 18.2 Å². The highest BCUT2D eigenvalue weighted by atomic mass is 16.5. The Morgan fingerprint density at radius 3 is 2.32 bits per heavy atom. The van der Waals surface area contributed by atoms with Gasteiger partial charge in [0.1, 0.15) is 0 Å². The topological polar surface area (TPSA) is 53.7 Å². The molecule has 0 unspecified atom stereocenters. The first kappa shape index (κ1) is 14.2. The van der Waals surface area contributed by atoms with Crippen LogP contribution in [0, 0.1) is 0 Å². The lowest BCUT2D eigenvalue weighted by Gasteiger charge is -2.28. The van der Waals surface area contributed by atoms with Crippen molar-refractivity contribution in [2.75, 3.05) is 21.3 Å². The minimum Gasteiger partial charge on any atom is -0.493 e. The van der Waals surface area contributed by atoms with Crippen LogP contribution in [0.1, 0.15) is 36.8 Å². The van der Waals surface area contributed by atoms with Crippen molar-refractivity contribution in [1.29, 1.82) is 0 Å². The van der Waals surface area contributed by atoms with Gasteiger partial charge >= 0.3 is 0 Å². The number of ether oxygens (including phenoxy) is 3. The molecule has 106 valence electrons. The van der Waals surface area contributed by atoms with E-state index in [1.165, 1.54) is 12.8 Å². The van der Waals surface area contributed by atoms with E-state index in [0.29, 0.717) is 6.61 Å². The average molecular weight is 265 g/mol. The monoisotopic (exact) mass is 265 g/mol. The van der Waals surface area contributed by atoms with Gasteiger partial charge in [0.2, 0.25) is 0 Å². The van der Waals surface area contributed by atoms with Crippen molar-refractivity contribution >= 4 is 0 Å². The first-order chi connectivity index (χ1) is 9.16. The smallest absolute Gasteiger partial charge is 0.166 e. The van der Waals surface area contributed by atoms with E-state index in [1.54, 1.807) is 21.3 Å². The quantitative estimate of drug-likeness (QED) is 0.889. The average Bonchev–Trinajstić information content (AvgIpc) is 2.86. The molecule has 4 heteroatoms. The van der Waals surface area contributed by atoms with E-state index >= 15 is 0 Å². The molecule has 0 heterocycles. The summed E-state index contributed by atoms with van der Waals surface area (Å²) < 4.78 is 16.2. The maximum absolute atomic E-state index is 6.57. The van der Waals surface area contributed by atoms with Gasteiger partial charge in [0.05, 0.1) is 20.8 Å². The second kappa shape index (κ2) is 5.80. The zero-order valence-corrected chi connectivity index (χ0v) is 12.0. The van der Waals surface area contributed by atoms with Crippen LogP contribution in [0.4, 0.5) is 0 Å². The second-order valence-electron chi connectivity index (χ2n) is 5.12. The molecule has 2 N–H and O–H groups in total. The third-order valence-electron chi connectivity index (χ3n) is 3.97. The third-order valence-corrected chi connectivity index (χ3v) is 3.97. The van der Waals surface area contributed by atoms with Crippen LogP contribution in [0.2, 0.25) is 0 Å². The van der Waals surface area contributed by atoms with Crippen molar-refractivity contribution < 1.29 is 14.2 Å². The predicted molar refractivity (Wildman–Crippen MR) is 74.6 cm³/mol. The molecule has 4 nitrogen and oxygen atoms in total. The maximum atomic E-state index is 6.57. The Hall–Kier alpha value is -1.26. The van der Waals surface area contributed by atoms with E-state index in [1.807, 2.05) is 6.07 Å². The number of rotatable bonds is 5. The minimum atomic E-state index is -0.257. The van der Waals surface area contributed by atoms with Crippen LogP contribution >= 0.6 is 0 Å². The highest BCUT2D eigenvalue weighted by Crippen LogP contribution is 2.43. The largest absolute Gasteiger partial charge is 0.493 e. The number of benzene rings is 1. The van der Waals surface area contributed by atoms with E-state index in [4.69, 9.17) is 19.9 Å². The van der Waals surface area contributed by atoms with Gasteiger partial charge in [0.15, 0.2) is 11.5 Å². The number of methoxy groups -OCH3 is 3. The normalized spacial score (nSPS) is 17.5. The van der Waals surface area contributed by atoms with Crippen molar-refractivity contribution in [2.24, 2.45) is 5.73 Å². The molecule has 1 saturated carbocycles. The summed E-state index contributed by atoms with van der Waals surface area (Å²) in [7, 11) is 4.97. The van der Waals surface area contributed by atoms with Gasteiger partial charge < -0.3 is 19.9 Å². The van der Waals surface area contributed by atoms with Crippen molar-refractivity contribution in [3.8, 4) is 11.5 Å². The molecule has 1 aromatic rings. The van der Waals surface area contributed by atoms with E-state index in [0.717, 1.165) is 35.5 Å². The van der Waals surface area contributed by atoms with Crippen LogP contribution in [0.3, 0.4) is 0 Å². The highest BCUT2D eigenvalue weighted by Gasteiger charge is 2.34. The molecule has 0 atom stereocenters. The van der Waals surface area contributed by atoms with Crippen LogP contribution in [-0.2, 0) is 16.9 Å². The zero-order chi connectivity index (χ0) is 13.9. The molecular formula is C15H23NO3. The number of hydrogen-bond donors (Lipinski definition) is 1. The molecule has 1 aliphatic carbocycles. The Morgan fingerprint density at radius 1 is 1.11 bits per heavy atom. The van der Waals surface area contributed by atoms with Crippen LogP contribution in [0.25, 0.3) is 0 Å². The molecule has 0 spiro atoms. The summed E-state index contributed by atoms with van der Waals surface area (Å²) in [4.78, 5) is 0. The third kappa shape index (κ3) is 2.55. The van der Waals surface area contributed by atoms with Gasteiger partial charge in [-0.3, -0.25) is 0 Å². The highest BCUT2D eigenvalue weighted by molar-refractivity contribution is 5.53. The van der Waals surface area contributed by atoms with Crippen LogP contribution < -0.4 is 15.2 Å². The second-order valence-corrected chi connectivity index (χ2v) is 5.12. The molecule has 0 amide bonds. The van der Waals surface area contributed by atoms with Gasteiger partial charge in [-0.25, -0.2) is 0 Å². The van der Waals surface area contributed by atoms with Crippen molar-refractivity contribution in [3.05, 3.63) is 23.3 Å². The summed E-state index contributed by atoms with van der Waals surface area (Å²) in [6, 6.07) is 3.99. The van der Waals surface area contributed by atoms with E-state index < -0.39 is 0 Å². The summed E-state index contributed by atoms with van der Waals surface area (Å²) in [5.74, 6) is 1.46. The Labute approximate surface area is 114 Å². The van der Waals surface area contributed by atoms with Crippen molar-refractivity contribution in [3.63, 3.8) is 0 Å². The summed E-state index contributed by atoms with van der Waals surface area (Å²) >= 11 is 0. The molecule has 0 saturated heterocycles. The molecular weight excluding hydrogens is 242 g/mol. The molecule has 0 radical (unpaired) electrons. The van der Waals surface area contributed by atoms with E-state index in [2.05, 4.69) is 6.07 Å². The van der Waals surface area contributed by atoms with Gasteiger partial charge in [-0.2, -0.15) is 0 Å². The van der Waals surface area contributed by atoms with Crippen LogP contribution in [0.5, 0.6) is 11.5 Å². The lowest BCUT2D eigenvalue weighted by atomic mass is 9.85. The molecule has 2 rings (SSSR count). The van der Waals surface area contributed by atoms with E-state index in [-0.39, 0.29) is 5.54 Å². The molecule has 19 heavy (non-hydrogen) atoms. The molecule has 0 aliphatic heterocycles. The Bertz CT molecular complexity index is 439.